The van der Waals surface area contributed by atoms with Gasteiger partial charge in [0.25, 0.3) is 5.91 Å². The van der Waals surface area contributed by atoms with Crippen LogP contribution in [0.25, 0.3) is 0 Å². The number of amides is 2. The molecule has 2 aromatic rings. The van der Waals surface area contributed by atoms with E-state index in [0.717, 1.165) is 11.3 Å². The van der Waals surface area contributed by atoms with E-state index in [-0.39, 0.29) is 17.9 Å². The third-order valence-corrected chi connectivity index (χ3v) is 4.16. The first-order valence-electron chi connectivity index (χ1n) is 7.46. The molecule has 0 aromatic heterocycles. The lowest BCUT2D eigenvalue weighted by Gasteiger charge is -2.17. The Morgan fingerprint density at radius 1 is 1.13 bits per heavy atom. The average Bonchev–Trinajstić information content (AvgIpc) is 2.89. The molecule has 0 spiro atoms. The summed E-state index contributed by atoms with van der Waals surface area (Å²) in [5.74, 6) is -0.166. The van der Waals surface area contributed by atoms with Gasteiger partial charge in [-0.1, -0.05) is 29.3 Å². The maximum absolute atomic E-state index is 12.2. The Labute approximate surface area is 140 Å². The van der Waals surface area contributed by atoms with E-state index in [4.69, 9.17) is 11.6 Å². The summed E-state index contributed by atoms with van der Waals surface area (Å²) in [6.45, 7) is 2.49. The predicted octanol–water partition coefficient (Wildman–Crippen LogP) is 3.18. The van der Waals surface area contributed by atoms with Crippen LogP contribution >= 0.6 is 11.6 Å². The minimum atomic E-state index is -0.190. The van der Waals surface area contributed by atoms with Crippen molar-refractivity contribution < 1.29 is 9.59 Å². The number of aryl methyl sites for hydroxylation is 1. The molecule has 23 heavy (non-hydrogen) atoms. The number of hydrogen-bond acceptors (Lipinski definition) is 2. The lowest BCUT2D eigenvalue weighted by atomic mass is 10.2. The molecule has 4 nitrogen and oxygen atoms in total. The second-order valence-electron chi connectivity index (χ2n) is 5.72. The van der Waals surface area contributed by atoms with Crippen molar-refractivity contribution in [2.24, 2.45) is 0 Å². The molecule has 3 rings (SSSR count). The van der Waals surface area contributed by atoms with Gasteiger partial charge in [0, 0.05) is 29.2 Å². The number of nitrogens with zero attached hydrogens (tertiary/aromatic N) is 1. The van der Waals surface area contributed by atoms with Crippen molar-refractivity contribution in [1.82, 2.24) is 5.32 Å². The van der Waals surface area contributed by atoms with Gasteiger partial charge in [0.2, 0.25) is 5.91 Å². The Kier molecular flexibility index (Phi) is 4.35. The van der Waals surface area contributed by atoms with Crippen LogP contribution in [0.5, 0.6) is 0 Å². The van der Waals surface area contributed by atoms with Crippen LogP contribution in [0.4, 0.5) is 5.69 Å². The van der Waals surface area contributed by atoms with E-state index in [9.17, 15) is 9.59 Å². The van der Waals surface area contributed by atoms with E-state index in [1.807, 2.05) is 31.2 Å². The van der Waals surface area contributed by atoms with E-state index < -0.39 is 0 Å². The number of carbonyl (C=O) groups excluding carboxylic acids is 2. The van der Waals surface area contributed by atoms with Crippen molar-refractivity contribution >= 4 is 29.1 Å². The van der Waals surface area contributed by atoms with Gasteiger partial charge in [0.15, 0.2) is 0 Å². The second kappa shape index (κ2) is 6.42. The fourth-order valence-electron chi connectivity index (χ4n) is 2.65. The molecule has 2 aromatic carbocycles. The SMILES string of the molecule is Cc1ccc(N2C[C@H](NC(=O)c3ccc(Cl)cc3)CC2=O)cc1. The van der Waals surface area contributed by atoms with Gasteiger partial charge in [-0.2, -0.15) is 0 Å². The number of rotatable bonds is 3. The molecule has 0 unspecified atom stereocenters. The second-order valence-corrected chi connectivity index (χ2v) is 6.16. The third kappa shape index (κ3) is 3.54. The van der Waals surface area contributed by atoms with Crippen LogP contribution in [0.2, 0.25) is 5.02 Å². The van der Waals surface area contributed by atoms with Crippen LogP contribution in [-0.2, 0) is 4.79 Å². The van der Waals surface area contributed by atoms with Crippen molar-refractivity contribution in [3.8, 4) is 0 Å². The van der Waals surface area contributed by atoms with E-state index in [0.29, 0.717) is 23.6 Å². The average molecular weight is 329 g/mol. The van der Waals surface area contributed by atoms with Crippen LogP contribution in [0.1, 0.15) is 22.3 Å². The van der Waals surface area contributed by atoms with Crippen LogP contribution in [-0.4, -0.2) is 24.4 Å². The summed E-state index contributed by atoms with van der Waals surface area (Å²) >= 11 is 5.82. The van der Waals surface area contributed by atoms with Crippen molar-refractivity contribution in [3.63, 3.8) is 0 Å². The zero-order valence-electron chi connectivity index (χ0n) is 12.8. The van der Waals surface area contributed by atoms with Gasteiger partial charge in [0.05, 0.1) is 6.04 Å². The quantitative estimate of drug-likeness (QED) is 0.940. The Hall–Kier alpha value is -2.33. The first-order valence-corrected chi connectivity index (χ1v) is 7.84. The fraction of sp³-hybridized carbons (Fsp3) is 0.222. The third-order valence-electron chi connectivity index (χ3n) is 3.91. The Morgan fingerprint density at radius 2 is 1.78 bits per heavy atom. The van der Waals surface area contributed by atoms with Gasteiger partial charge >= 0.3 is 0 Å². The Bertz CT molecular complexity index is 726. The minimum absolute atomic E-state index is 0.0234. The fourth-order valence-corrected chi connectivity index (χ4v) is 2.77. The first kappa shape index (κ1) is 15.6. The van der Waals surface area contributed by atoms with Gasteiger partial charge in [0.1, 0.15) is 0 Å². The minimum Gasteiger partial charge on any atom is -0.347 e. The Morgan fingerprint density at radius 3 is 2.43 bits per heavy atom. The van der Waals surface area contributed by atoms with Crippen molar-refractivity contribution in [2.75, 3.05) is 11.4 Å². The van der Waals surface area contributed by atoms with Crippen molar-refractivity contribution in [1.29, 1.82) is 0 Å². The van der Waals surface area contributed by atoms with E-state index >= 15 is 0 Å². The number of hydrogen-bond donors (Lipinski definition) is 1. The summed E-state index contributed by atoms with van der Waals surface area (Å²) in [5, 5.41) is 3.50. The van der Waals surface area contributed by atoms with Crippen LogP contribution in [0.15, 0.2) is 48.5 Å². The highest BCUT2D eigenvalue weighted by Gasteiger charge is 2.31. The molecule has 0 saturated carbocycles. The highest BCUT2D eigenvalue weighted by atomic mass is 35.5. The highest BCUT2D eigenvalue weighted by molar-refractivity contribution is 6.30. The first-order chi connectivity index (χ1) is 11.0. The summed E-state index contributed by atoms with van der Waals surface area (Å²) in [4.78, 5) is 26.1. The largest absolute Gasteiger partial charge is 0.347 e. The molecule has 1 atom stereocenters. The monoisotopic (exact) mass is 328 g/mol. The molecule has 1 aliphatic heterocycles. The van der Waals surface area contributed by atoms with Gasteiger partial charge in [-0.15, -0.1) is 0 Å². The molecular formula is C18H17ClN2O2. The smallest absolute Gasteiger partial charge is 0.251 e. The van der Waals surface area contributed by atoms with Crippen molar-refractivity contribution in [3.05, 3.63) is 64.7 Å². The van der Waals surface area contributed by atoms with Gasteiger partial charge in [-0.05, 0) is 43.3 Å². The zero-order chi connectivity index (χ0) is 16.4. The summed E-state index contributed by atoms with van der Waals surface area (Å²) in [6, 6.07) is 14.3. The lowest BCUT2D eigenvalue weighted by Crippen LogP contribution is -2.37. The maximum atomic E-state index is 12.2. The number of carbonyl (C=O) groups is 2. The topological polar surface area (TPSA) is 49.4 Å². The molecule has 1 saturated heterocycles. The summed E-state index contributed by atoms with van der Waals surface area (Å²) < 4.78 is 0. The molecule has 0 aliphatic carbocycles. The zero-order valence-corrected chi connectivity index (χ0v) is 13.5. The summed E-state index contributed by atoms with van der Waals surface area (Å²) in [6.07, 6.45) is 0.313. The molecule has 1 aliphatic rings. The predicted molar refractivity (Wildman–Crippen MR) is 90.9 cm³/mol. The van der Waals surface area contributed by atoms with Crippen LogP contribution < -0.4 is 10.2 Å². The van der Waals surface area contributed by atoms with Crippen LogP contribution in [0, 0.1) is 6.92 Å². The van der Waals surface area contributed by atoms with E-state index in [1.165, 1.54) is 0 Å². The number of nitrogens with one attached hydrogen (secondary N) is 1. The molecule has 0 bridgehead atoms. The normalized spacial score (nSPS) is 17.4. The Balaban J connectivity index is 1.66. The summed E-state index contributed by atoms with van der Waals surface area (Å²) in [7, 11) is 0. The molecular weight excluding hydrogens is 312 g/mol. The van der Waals surface area contributed by atoms with Gasteiger partial charge in [-0.25, -0.2) is 0 Å². The number of benzene rings is 2. The van der Waals surface area contributed by atoms with E-state index in [1.54, 1.807) is 29.2 Å². The molecule has 1 heterocycles. The highest BCUT2D eigenvalue weighted by Crippen LogP contribution is 2.22. The summed E-state index contributed by atoms with van der Waals surface area (Å²) in [5.41, 5.74) is 2.55. The lowest BCUT2D eigenvalue weighted by molar-refractivity contribution is -0.117. The van der Waals surface area contributed by atoms with Gasteiger partial charge < -0.3 is 10.2 Å². The molecule has 118 valence electrons. The number of halogens is 1. The number of anilines is 1. The van der Waals surface area contributed by atoms with Gasteiger partial charge in [-0.3, -0.25) is 9.59 Å². The molecule has 5 heteroatoms. The molecule has 0 radical (unpaired) electrons. The molecule has 2 amide bonds. The van der Waals surface area contributed by atoms with Crippen molar-refractivity contribution in [2.45, 2.75) is 19.4 Å². The molecule has 1 N–H and O–H groups in total. The molecule has 1 fully saturated rings. The standard InChI is InChI=1S/C18H17ClN2O2/c1-12-2-8-16(9-3-12)21-11-15(10-17(21)22)20-18(23)13-4-6-14(19)7-5-13/h2-9,15H,10-11H2,1H3,(H,20,23)/t15-/m1/s1. The van der Waals surface area contributed by atoms with Crippen LogP contribution in [0.3, 0.4) is 0 Å². The van der Waals surface area contributed by atoms with E-state index in [2.05, 4.69) is 5.32 Å². The maximum Gasteiger partial charge on any atom is 0.251 e.